The first-order valence-electron chi connectivity index (χ1n) is 5.66. The number of anilines is 2. The lowest BCUT2D eigenvalue weighted by molar-refractivity contribution is -0.117. The molecule has 1 aromatic rings. The Morgan fingerprint density at radius 2 is 2.06 bits per heavy atom. The van der Waals surface area contributed by atoms with Crippen LogP contribution in [0.15, 0.2) is 23.1 Å². The quantitative estimate of drug-likeness (QED) is 0.757. The van der Waals surface area contributed by atoms with Crippen molar-refractivity contribution < 1.29 is 13.2 Å². The minimum Gasteiger partial charge on any atom is -0.372 e. The standard InChI is InChI=1S/C11H15N3O3S/c1-2-3-9-11(15)14-10-6-7(18(12,16)17)4-5-8(10)13-9/h4-6,9,13H,2-3H2,1H3,(H,14,15)(H2,12,16,17). The molecule has 6 nitrogen and oxygen atoms in total. The molecule has 7 heteroatoms. The van der Waals surface area contributed by atoms with Crippen LogP contribution in [0.1, 0.15) is 19.8 Å². The highest BCUT2D eigenvalue weighted by Gasteiger charge is 2.25. The van der Waals surface area contributed by atoms with Crippen LogP contribution in [0, 0.1) is 0 Å². The second-order valence-corrected chi connectivity index (χ2v) is 5.79. The third-order valence-corrected chi connectivity index (χ3v) is 3.71. The molecule has 0 radical (unpaired) electrons. The zero-order valence-corrected chi connectivity index (χ0v) is 10.8. The van der Waals surface area contributed by atoms with E-state index in [2.05, 4.69) is 10.6 Å². The molecule has 0 aliphatic carbocycles. The molecule has 98 valence electrons. The first-order valence-corrected chi connectivity index (χ1v) is 7.20. The highest BCUT2D eigenvalue weighted by atomic mass is 32.2. The molecule has 0 saturated heterocycles. The Morgan fingerprint density at radius 1 is 1.33 bits per heavy atom. The number of nitrogens with one attached hydrogen (secondary N) is 2. The Balaban J connectivity index is 2.35. The van der Waals surface area contributed by atoms with Gasteiger partial charge in [0.05, 0.1) is 16.3 Å². The number of hydrogen-bond acceptors (Lipinski definition) is 4. The van der Waals surface area contributed by atoms with Crippen molar-refractivity contribution in [3.05, 3.63) is 18.2 Å². The van der Waals surface area contributed by atoms with E-state index >= 15 is 0 Å². The number of amides is 1. The molecule has 1 amide bonds. The molecule has 0 saturated carbocycles. The number of primary sulfonamides is 1. The molecule has 1 heterocycles. The van der Waals surface area contributed by atoms with E-state index in [0.29, 0.717) is 11.4 Å². The maximum absolute atomic E-state index is 11.8. The lowest BCUT2D eigenvalue weighted by atomic mass is 10.1. The van der Waals surface area contributed by atoms with Crippen molar-refractivity contribution in [3.8, 4) is 0 Å². The molecular weight excluding hydrogens is 254 g/mol. The summed E-state index contributed by atoms with van der Waals surface area (Å²) in [7, 11) is -3.76. The van der Waals surface area contributed by atoms with Gasteiger partial charge in [-0.05, 0) is 24.6 Å². The molecule has 4 N–H and O–H groups in total. The van der Waals surface area contributed by atoms with Crippen LogP contribution in [0.5, 0.6) is 0 Å². The van der Waals surface area contributed by atoms with Gasteiger partial charge in [0, 0.05) is 0 Å². The van der Waals surface area contributed by atoms with E-state index in [1.54, 1.807) is 6.07 Å². The van der Waals surface area contributed by atoms with Gasteiger partial charge in [0.1, 0.15) is 6.04 Å². The monoisotopic (exact) mass is 269 g/mol. The second kappa shape index (κ2) is 4.58. The summed E-state index contributed by atoms with van der Waals surface area (Å²) in [6.45, 7) is 1.99. The molecule has 0 spiro atoms. The number of hydrogen-bond donors (Lipinski definition) is 3. The molecular formula is C11H15N3O3S. The Kier molecular flexibility index (Phi) is 3.27. The minimum atomic E-state index is -3.76. The molecule has 1 aliphatic rings. The minimum absolute atomic E-state index is 0.0164. The zero-order chi connectivity index (χ0) is 13.3. The summed E-state index contributed by atoms with van der Waals surface area (Å²) in [4.78, 5) is 11.7. The summed E-state index contributed by atoms with van der Waals surface area (Å²) in [5.41, 5.74) is 1.15. The molecule has 1 unspecified atom stereocenters. The van der Waals surface area contributed by atoms with E-state index in [0.717, 1.165) is 12.8 Å². The average molecular weight is 269 g/mol. The summed E-state index contributed by atoms with van der Waals surface area (Å²) in [5.74, 6) is -0.157. The summed E-state index contributed by atoms with van der Waals surface area (Å²) in [6, 6.07) is 4.11. The van der Waals surface area contributed by atoms with Gasteiger partial charge >= 0.3 is 0 Å². The number of carbonyl (C=O) groups is 1. The van der Waals surface area contributed by atoms with Gasteiger partial charge in [-0.1, -0.05) is 13.3 Å². The SMILES string of the molecule is CCCC1Nc2ccc(S(N)(=O)=O)cc2NC1=O. The van der Waals surface area contributed by atoms with Crippen molar-refractivity contribution in [1.82, 2.24) is 0 Å². The molecule has 0 aromatic heterocycles. The van der Waals surface area contributed by atoms with E-state index in [4.69, 9.17) is 5.14 Å². The molecule has 1 aliphatic heterocycles. The topological polar surface area (TPSA) is 101 Å². The Labute approximate surface area is 106 Å². The van der Waals surface area contributed by atoms with E-state index < -0.39 is 10.0 Å². The molecule has 0 bridgehead atoms. The largest absolute Gasteiger partial charge is 0.372 e. The number of fused-ring (bicyclic) bond motifs is 1. The van der Waals surface area contributed by atoms with Crippen LogP contribution in [-0.2, 0) is 14.8 Å². The van der Waals surface area contributed by atoms with Crippen molar-refractivity contribution in [1.29, 1.82) is 0 Å². The van der Waals surface area contributed by atoms with Gasteiger partial charge < -0.3 is 10.6 Å². The molecule has 18 heavy (non-hydrogen) atoms. The number of benzene rings is 1. The number of carbonyl (C=O) groups excluding carboxylic acids is 1. The van der Waals surface area contributed by atoms with Crippen molar-refractivity contribution in [2.24, 2.45) is 5.14 Å². The summed E-state index contributed by atoms with van der Waals surface area (Å²) >= 11 is 0. The summed E-state index contributed by atoms with van der Waals surface area (Å²) in [5, 5.41) is 10.8. The van der Waals surface area contributed by atoms with Gasteiger partial charge in [0.15, 0.2) is 0 Å². The highest BCUT2D eigenvalue weighted by Crippen LogP contribution is 2.29. The van der Waals surface area contributed by atoms with Gasteiger partial charge in [0.25, 0.3) is 0 Å². The van der Waals surface area contributed by atoms with Crippen molar-refractivity contribution in [3.63, 3.8) is 0 Å². The normalized spacial score (nSPS) is 18.8. The maximum Gasteiger partial charge on any atom is 0.246 e. The van der Waals surface area contributed by atoms with Crippen LogP contribution in [0.4, 0.5) is 11.4 Å². The molecule has 1 atom stereocenters. The lowest BCUT2D eigenvalue weighted by Crippen LogP contribution is -2.38. The fourth-order valence-electron chi connectivity index (χ4n) is 1.89. The lowest BCUT2D eigenvalue weighted by Gasteiger charge is -2.26. The Morgan fingerprint density at radius 3 is 2.67 bits per heavy atom. The maximum atomic E-state index is 11.8. The first kappa shape index (κ1) is 12.8. The smallest absolute Gasteiger partial charge is 0.246 e. The van der Waals surface area contributed by atoms with E-state index in [1.807, 2.05) is 6.92 Å². The molecule has 2 rings (SSSR count). The Bertz CT molecular complexity index is 583. The number of sulfonamides is 1. The predicted molar refractivity (Wildman–Crippen MR) is 68.8 cm³/mol. The fraction of sp³-hybridized carbons (Fsp3) is 0.364. The number of nitrogens with two attached hydrogens (primary N) is 1. The van der Waals surface area contributed by atoms with E-state index in [-0.39, 0.29) is 16.8 Å². The predicted octanol–water partition coefficient (Wildman–Crippen LogP) is 0.867. The molecule has 0 fully saturated rings. The number of rotatable bonds is 3. The van der Waals surface area contributed by atoms with E-state index in [9.17, 15) is 13.2 Å². The van der Waals surface area contributed by atoms with Crippen LogP contribution < -0.4 is 15.8 Å². The van der Waals surface area contributed by atoms with Gasteiger partial charge in [-0.2, -0.15) is 0 Å². The van der Waals surface area contributed by atoms with Crippen molar-refractivity contribution in [2.75, 3.05) is 10.6 Å². The third-order valence-electron chi connectivity index (χ3n) is 2.80. The van der Waals surface area contributed by atoms with E-state index in [1.165, 1.54) is 12.1 Å². The van der Waals surface area contributed by atoms with Gasteiger partial charge in [-0.3, -0.25) is 4.79 Å². The van der Waals surface area contributed by atoms with Crippen LogP contribution >= 0.6 is 0 Å². The van der Waals surface area contributed by atoms with Crippen molar-refractivity contribution >= 4 is 27.3 Å². The zero-order valence-electron chi connectivity index (χ0n) is 9.93. The Hall–Kier alpha value is -1.60. The third kappa shape index (κ3) is 2.46. The summed E-state index contributed by atoms with van der Waals surface area (Å²) < 4.78 is 22.4. The van der Waals surface area contributed by atoms with Crippen LogP contribution in [0.2, 0.25) is 0 Å². The van der Waals surface area contributed by atoms with Gasteiger partial charge in [-0.25, -0.2) is 13.6 Å². The van der Waals surface area contributed by atoms with Gasteiger partial charge in [-0.15, -0.1) is 0 Å². The van der Waals surface area contributed by atoms with Crippen LogP contribution in [-0.4, -0.2) is 20.4 Å². The molecule has 1 aromatic carbocycles. The second-order valence-electron chi connectivity index (χ2n) is 4.23. The average Bonchev–Trinajstić information content (AvgIpc) is 2.28. The van der Waals surface area contributed by atoms with Crippen molar-refractivity contribution in [2.45, 2.75) is 30.7 Å². The van der Waals surface area contributed by atoms with Crippen LogP contribution in [0.25, 0.3) is 0 Å². The fourth-order valence-corrected chi connectivity index (χ4v) is 2.43. The van der Waals surface area contributed by atoms with Crippen LogP contribution in [0.3, 0.4) is 0 Å². The van der Waals surface area contributed by atoms with Gasteiger partial charge in [0.2, 0.25) is 15.9 Å². The first-order chi connectivity index (χ1) is 8.41. The highest BCUT2D eigenvalue weighted by molar-refractivity contribution is 7.89. The summed E-state index contributed by atoms with van der Waals surface area (Å²) in [6.07, 6.45) is 1.61.